The number of nitro groups is 1. The summed E-state index contributed by atoms with van der Waals surface area (Å²) < 4.78 is 50.3. The van der Waals surface area contributed by atoms with Crippen molar-refractivity contribution in [3.63, 3.8) is 0 Å². The van der Waals surface area contributed by atoms with Crippen molar-refractivity contribution in [1.82, 2.24) is 16.0 Å². The molecule has 4 aromatic rings. The lowest BCUT2D eigenvalue weighted by Gasteiger charge is -2.26. The summed E-state index contributed by atoms with van der Waals surface area (Å²) in [6.07, 6.45) is -2.35. The number of nitrogens with zero attached hydrogens (tertiary/aromatic N) is 1. The van der Waals surface area contributed by atoms with Crippen molar-refractivity contribution in [2.24, 2.45) is 11.7 Å². The summed E-state index contributed by atoms with van der Waals surface area (Å²) >= 11 is 0. The monoisotopic (exact) mass is 860 g/mol. The van der Waals surface area contributed by atoms with Gasteiger partial charge in [0.2, 0.25) is 11.8 Å². The lowest BCUT2D eigenvalue weighted by atomic mass is 9.98. The average Bonchev–Trinajstić information content (AvgIpc) is 3.53. The molecule has 0 aromatic heterocycles. The number of carbonyl (C=O) groups excluding carboxylic acids is 5. The smallest absolute Gasteiger partial charge is 0.407 e. The van der Waals surface area contributed by atoms with Crippen molar-refractivity contribution in [2.75, 3.05) is 18.5 Å². The van der Waals surface area contributed by atoms with Crippen molar-refractivity contribution in [1.29, 1.82) is 0 Å². The van der Waals surface area contributed by atoms with Crippen LogP contribution in [-0.4, -0.2) is 73.5 Å². The molecule has 7 N–H and O–H groups in total. The Labute approximate surface area is 350 Å². The molecule has 0 heterocycles. The van der Waals surface area contributed by atoms with E-state index in [2.05, 4.69) is 21.3 Å². The van der Waals surface area contributed by atoms with E-state index in [1.165, 1.54) is 30.3 Å². The number of amides is 5. The number of hydrogen-bond acceptors (Lipinski definition) is 12. The number of carbonyl (C=O) groups is 5. The number of urea groups is 1. The molecule has 0 fully saturated rings. The maximum absolute atomic E-state index is 13.8. The van der Waals surface area contributed by atoms with Gasteiger partial charge in [-0.05, 0) is 76.9 Å². The van der Waals surface area contributed by atoms with Crippen LogP contribution in [0.5, 0.6) is 5.75 Å². The van der Waals surface area contributed by atoms with Gasteiger partial charge in [-0.3, -0.25) is 29.1 Å². The van der Waals surface area contributed by atoms with E-state index in [1.54, 1.807) is 13.8 Å². The van der Waals surface area contributed by atoms with Crippen molar-refractivity contribution in [3.05, 3.63) is 123 Å². The highest BCUT2D eigenvalue weighted by Gasteiger charge is 2.32. The molecule has 1 unspecified atom stereocenters. The molecule has 61 heavy (non-hydrogen) atoms. The number of ether oxygens (including phenoxy) is 3. The van der Waals surface area contributed by atoms with Crippen LogP contribution in [0.1, 0.15) is 61.2 Å². The predicted octanol–water partition coefficient (Wildman–Crippen LogP) is 4.67. The fourth-order valence-electron chi connectivity index (χ4n) is 6.80. The molecule has 1 aliphatic rings. The Morgan fingerprint density at radius 2 is 1.56 bits per heavy atom. The molecule has 322 valence electrons. The maximum atomic E-state index is 13.8. The summed E-state index contributed by atoms with van der Waals surface area (Å²) in [6, 6.07) is 20.8. The highest BCUT2D eigenvalue weighted by Crippen LogP contribution is 2.44. The zero-order valence-corrected chi connectivity index (χ0v) is 33.8. The lowest BCUT2D eigenvalue weighted by molar-refractivity contribution is -0.384. The normalized spacial score (nSPS) is 13.4. The van der Waals surface area contributed by atoms with Crippen molar-refractivity contribution in [3.8, 4) is 16.9 Å². The molecule has 0 bridgehead atoms. The van der Waals surface area contributed by atoms with Crippen LogP contribution in [0.15, 0.2) is 91.0 Å². The van der Waals surface area contributed by atoms with Crippen molar-refractivity contribution in [2.45, 2.75) is 56.7 Å². The van der Waals surface area contributed by atoms with Crippen LogP contribution in [-0.2, 0) is 39.7 Å². The summed E-state index contributed by atoms with van der Waals surface area (Å²) in [4.78, 5) is 74.0. The van der Waals surface area contributed by atoms with Gasteiger partial charge in [0.25, 0.3) is 28.6 Å². The van der Waals surface area contributed by atoms with Crippen LogP contribution in [0.25, 0.3) is 11.1 Å². The second-order valence-electron chi connectivity index (χ2n) is 14.2. The third kappa shape index (κ3) is 12.2. The van der Waals surface area contributed by atoms with E-state index in [1.807, 2.05) is 48.5 Å². The second kappa shape index (κ2) is 20.3. The van der Waals surface area contributed by atoms with Crippen molar-refractivity contribution >= 4 is 51.9 Å². The summed E-state index contributed by atoms with van der Waals surface area (Å²) in [5.74, 6) is -3.25. The van der Waals surface area contributed by atoms with E-state index in [0.29, 0.717) is 0 Å². The van der Waals surface area contributed by atoms with Crippen LogP contribution in [0.4, 0.5) is 21.0 Å². The van der Waals surface area contributed by atoms with Gasteiger partial charge in [0.15, 0.2) is 0 Å². The molecule has 0 saturated carbocycles. The standard InChI is InChI=1S/C41H44N6O13S/c1-24(2)36(46-41(52)58-21-34-32-10-5-3-8-30(32)31-9-4-6-11-33(31)34)38(50)45-35(12-7-19-43-40(42)51)37(49)44-26-13-18-29(25(20-26)22-61(55,56)57)39(59-23-48)60-28-16-14-27(15-17-28)47(53)54/h3-6,8-11,13-18,20,23-24,34-36,39H,7,12,19,21-22H2,1-2H3,(H,44,49)(H,45,50)(H,46,52)(H3,42,43,51)(H,55,56,57)/t35-,36-,39?/m0/s1. The summed E-state index contributed by atoms with van der Waals surface area (Å²) in [7, 11) is -4.73. The highest BCUT2D eigenvalue weighted by molar-refractivity contribution is 7.85. The van der Waals surface area contributed by atoms with Gasteiger partial charge < -0.3 is 41.2 Å². The third-order valence-electron chi connectivity index (χ3n) is 9.64. The van der Waals surface area contributed by atoms with Gasteiger partial charge in [-0.15, -0.1) is 0 Å². The number of benzene rings is 4. The first-order valence-corrected chi connectivity index (χ1v) is 20.5. The molecular formula is C41H44N6O13S. The number of anilines is 1. The number of primary amides is 1. The molecule has 5 rings (SSSR count). The van der Waals surface area contributed by atoms with Gasteiger partial charge in [-0.1, -0.05) is 62.4 Å². The summed E-state index contributed by atoms with van der Waals surface area (Å²) in [5.41, 5.74) is 8.75. The van der Waals surface area contributed by atoms with E-state index in [-0.39, 0.29) is 66.6 Å². The largest absolute Gasteiger partial charge is 0.450 e. The predicted molar refractivity (Wildman–Crippen MR) is 220 cm³/mol. The summed E-state index contributed by atoms with van der Waals surface area (Å²) in [5, 5.41) is 21.3. The first kappa shape index (κ1) is 45.0. The number of non-ortho nitro benzene ring substituents is 1. The van der Waals surface area contributed by atoms with E-state index < -0.39 is 69.0 Å². The minimum Gasteiger partial charge on any atom is -0.450 e. The number of rotatable bonds is 20. The third-order valence-corrected chi connectivity index (χ3v) is 10.3. The Morgan fingerprint density at radius 3 is 2.13 bits per heavy atom. The molecule has 0 aliphatic heterocycles. The highest BCUT2D eigenvalue weighted by atomic mass is 32.2. The Kier molecular flexibility index (Phi) is 15.0. The van der Waals surface area contributed by atoms with E-state index >= 15 is 0 Å². The molecular weight excluding hydrogens is 817 g/mol. The molecule has 3 atom stereocenters. The van der Waals surface area contributed by atoms with E-state index in [0.717, 1.165) is 34.4 Å². The van der Waals surface area contributed by atoms with Crippen LogP contribution < -0.4 is 31.7 Å². The Balaban J connectivity index is 1.31. The first-order valence-electron chi connectivity index (χ1n) is 18.9. The Bertz CT molecular complexity index is 2330. The Morgan fingerprint density at radius 1 is 0.918 bits per heavy atom. The number of nitro benzene ring substituents is 1. The van der Waals surface area contributed by atoms with Gasteiger partial charge in [0.05, 0.1) is 4.92 Å². The van der Waals surface area contributed by atoms with Gasteiger partial charge in [-0.2, -0.15) is 8.42 Å². The molecule has 0 radical (unpaired) electrons. The lowest BCUT2D eigenvalue weighted by Crippen LogP contribution is -2.54. The number of nitrogens with two attached hydrogens (primary N) is 1. The second-order valence-corrected chi connectivity index (χ2v) is 15.7. The zero-order chi connectivity index (χ0) is 44.3. The minimum absolute atomic E-state index is 0.00450. The minimum atomic E-state index is -4.73. The van der Waals surface area contributed by atoms with Crippen LogP contribution in [0, 0.1) is 16.0 Å². The molecule has 19 nitrogen and oxygen atoms in total. The fourth-order valence-corrected chi connectivity index (χ4v) is 7.44. The quantitative estimate of drug-likeness (QED) is 0.0176. The first-order chi connectivity index (χ1) is 29.0. The molecule has 20 heteroatoms. The topological polar surface area (TPSA) is 285 Å². The number of alkyl carbamates (subject to hydrolysis) is 1. The van der Waals surface area contributed by atoms with Crippen molar-refractivity contribution < 1.29 is 56.1 Å². The summed E-state index contributed by atoms with van der Waals surface area (Å²) in [6.45, 7) is 3.43. The van der Waals surface area contributed by atoms with Gasteiger partial charge in [-0.25, -0.2) is 9.59 Å². The number of fused-ring (bicyclic) bond motifs is 3. The molecule has 1 aliphatic carbocycles. The van der Waals surface area contributed by atoms with Crippen LogP contribution >= 0.6 is 0 Å². The number of hydrogen-bond donors (Lipinski definition) is 6. The Hall–Kier alpha value is -7.06. The maximum Gasteiger partial charge on any atom is 0.407 e. The van der Waals surface area contributed by atoms with Gasteiger partial charge in [0, 0.05) is 35.8 Å². The van der Waals surface area contributed by atoms with Crippen LogP contribution in [0.3, 0.4) is 0 Å². The molecule has 0 spiro atoms. The average molecular weight is 861 g/mol. The molecule has 4 aromatic carbocycles. The van der Waals surface area contributed by atoms with Gasteiger partial charge >= 0.3 is 12.1 Å². The molecule has 0 saturated heterocycles. The SMILES string of the molecule is CC(C)[C@H](NC(=O)OCC1c2ccccc2-c2ccccc21)C(=O)N[C@@H](CCCNC(N)=O)C(=O)Nc1ccc(C(OC=O)Oc2ccc([N+](=O)[O-])cc2)c(CS(=O)(=O)O)c1. The van der Waals surface area contributed by atoms with Gasteiger partial charge in [0.1, 0.15) is 30.2 Å². The van der Waals surface area contributed by atoms with Crippen LogP contribution in [0.2, 0.25) is 0 Å². The fraction of sp³-hybridized carbons (Fsp3) is 0.293. The van der Waals surface area contributed by atoms with E-state index in [9.17, 15) is 47.1 Å². The number of nitrogens with one attached hydrogen (secondary N) is 4. The van der Waals surface area contributed by atoms with E-state index in [4.69, 9.17) is 19.9 Å². The molecule has 5 amide bonds. The zero-order valence-electron chi connectivity index (χ0n) is 32.9.